The third-order valence-electron chi connectivity index (χ3n) is 3.60. The van der Waals surface area contributed by atoms with Crippen molar-refractivity contribution in [3.05, 3.63) is 65.7 Å². The normalized spacial score (nSPS) is 15.6. The second-order valence-electron chi connectivity index (χ2n) is 5.09. The average Bonchev–Trinajstić information content (AvgIpc) is 2.81. The zero-order chi connectivity index (χ0) is 16.6. The van der Waals surface area contributed by atoms with Gasteiger partial charge in [-0.2, -0.15) is 9.57 Å². The van der Waals surface area contributed by atoms with Crippen LogP contribution in [0.1, 0.15) is 11.1 Å². The molecule has 2 aromatic carbocycles. The molecule has 0 aromatic heterocycles. The quantitative estimate of drug-likeness (QED) is 0.628. The Morgan fingerprint density at radius 1 is 1.09 bits per heavy atom. The van der Waals surface area contributed by atoms with Gasteiger partial charge in [0.25, 0.3) is 15.9 Å². The number of anilines is 1. The van der Waals surface area contributed by atoms with E-state index in [0.717, 1.165) is 15.9 Å². The molecule has 0 atom stereocenters. The molecule has 0 fully saturated rings. The van der Waals surface area contributed by atoms with Gasteiger partial charge >= 0.3 is 0 Å². The van der Waals surface area contributed by atoms with E-state index in [1.165, 1.54) is 12.1 Å². The van der Waals surface area contributed by atoms with Crippen molar-refractivity contribution in [2.24, 2.45) is 0 Å². The van der Waals surface area contributed by atoms with Gasteiger partial charge in [0.2, 0.25) is 0 Å². The van der Waals surface area contributed by atoms with Gasteiger partial charge in [-0.05, 0) is 25.1 Å². The number of nitrogens with zero attached hydrogens (tertiary/aromatic N) is 2. The zero-order valence-corrected chi connectivity index (χ0v) is 13.0. The van der Waals surface area contributed by atoms with Gasteiger partial charge in [0.15, 0.2) is 0 Å². The van der Waals surface area contributed by atoms with Crippen LogP contribution in [-0.2, 0) is 14.8 Å². The minimum Gasteiger partial charge on any atom is -0.268 e. The van der Waals surface area contributed by atoms with E-state index in [1.807, 2.05) is 6.92 Å². The van der Waals surface area contributed by atoms with Crippen molar-refractivity contribution in [3.63, 3.8) is 0 Å². The lowest BCUT2D eigenvalue weighted by Crippen LogP contribution is -2.33. The minimum atomic E-state index is -4.04. The van der Waals surface area contributed by atoms with Crippen molar-refractivity contribution in [3.8, 4) is 6.07 Å². The molecule has 1 amide bonds. The molecule has 2 aromatic rings. The summed E-state index contributed by atoms with van der Waals surface area (Å²) >= 11 is 0. The molecule has 3 rings (SSSR count). The molecule has 0 N–H and O–H groups in total. The average molecular weight is 324 g/mol. The number of carbonyl (C=O) groups is 1. The molecule has 5 nitrogen and oxygen atoms in total. The van der Waals surface area contributed by atoms with Gasteiger partial charge in [-0.3, -0.25) is 4.79 Å². The van der Waals surface area contributed by atoms with Crippen LogP contribution in [0.25, 0.3) is 5.57 Å². The molecule has 1 aliphatic heterocycles. The number of fused-ring (bicyclic) bond motifs is 1. The lowest BCUT2D eigenvalue weighted by molar-refractivity contribution is -0.111. The molecule has 1 aliphatic rings. The smallest absolute Gasteiger partial charge is 0.268 e. The van der Waals surface area contributed by atoms with E-state index in [1.54, 1.807) is 42.5 Å². The molecule has 1 heterocycles. The molecule has 23 heavy (non-hydrogen) atoms. The van der Waals surface area contributed by atoms with Crippen molar-refractivity contribution in [1.29, 1.82) is 5.26 Å². The van der Waals surface area contributed by atoms with E-state index in [-0.39, 0.29) is 16.2 Å². The van der Waals surface area contributed by atoms with Crippen LogP contribution in [0.2, 0.25) is 0 Å². The van der Waals surface area contributed by atoms with Gasteiger partial charge in [-0.15, -0.1) is 0 Å². The highest BCUT2D eigenvalue weighted by molar-refractivity contribution is 7.93. The Labute approximate surface area is 134 Å². The summed E-state index contributed by atoms with van der Waals surface area (Å²) in [6, 6.07) is 14.6. The van der Waals surface area contributed by atoms with Gasteiger partial charge in [-0.25, -0.2) is 8.42 Å². The van der Waals surface area contributed by atoms with Crippen LogP contribution >= 0.6 is 0 Å². The van der Waals surface area contributed by atoms with E-state index in [4.69, 9.17) is 5.26 Å². The first kappa shape index (κ1) is 15.0. The summed E-state index contributed by atoms with van der Waals surface area (Å²) in [6.07, 6.45) is 1.08. The Hall–Kier alpha value is -2.91. The van der Waals surface area contributed by atoms with Gasteiger partial charge in [-0.1, -0.05) is 35.9 Å². The number of amides is 1. The summed E-state index contributed by atoms with van der Waals surface area (Å²) in [4.78, 5) is 12.6. The molecular weight excluding hydrogens is 312 g/mol. The first-order valence-electron chi connectivity index (χ1n) is 6.82. The number of sulfonamides is 1. The second kappa shape index (κ2) is 5.38. The Kier molecular flexibility index (Phi) is 3.51. The topological polar surface area (TPSA) is 78.2 Å². The van der Waals surface area contributed by atoms with Crippen LogP contribution in [-0.4, -0.2) is 14.3 Å². The van der Waals surface area contributed by atoms with Gasteiger partial charge in [0.1, 0.15) is 0 Å². The van der Waals surface area contributed by atoms with E-state index in [0.29, 0.717) is 5.56 Å². The molecule has 0 saturated heterocycles. The van der Waals surface area contributed by atoms with Crippen molar-refractivity contribution in [1.82, 2.24) is 0 Å². The largest absolute Gasteiger partial charge is 0.273 e. The summed E-state index contributed by atoms with van der Waals surface area (Å²) in [5.41, 5.74) is 1.70. The number of hydrogen-bond acceptors (Lipinski definition) is 4. The molecule has 0 unspecified atom stereocenters. The first-order valence-corrected chi connectivity index (χ1v) is 8.26. The fraction of sp³-hybridized carbons (Fsp3) is 0.0588. The van der Waals surface area contributed by atoms with Gasteiger partial charge < -0.3 is 0 Å². The van der Waals surface area contributed by atoms with Crippen molar-refractivity contribution in [2.75, 3.05) is 4.31 Å². The first-order chi connectivity index (χ1) is 11.0. The van der Waals surface area contributed by atoms with Crippen molar-refractivity contribution in [2.45, 2.75) is 11.8 Å². The highest BCUT2D eigenvalue weighted by Crippen LogP contribution is 2.39. The molecule has 0 bridgehead atoms. The number of carbonyl (C=O) groups excluding carboxylic acids is 1. The lowest BCUT2D eigenvalue weighted by Gasteiger charge is -2.17. The summed E-state index contributed by atoms with van der Waals surface area (Å²) in [5, 5.41) is 8.86. The highest BCUT2D eigenvalue weighted by Gasteiger charge is 2.40. The molecule has 114 valence electrons. The third kappa shape index (κ3) is 2.31. The molecule has 0 spiro atoms. The number of rotatable bonds is 2. The minimum absolute atomic E-state index is 0.0319. The van der Waals surface area contributed by atoms with Gasteiger partial charge in [0.05, 0.1) is 22.2 Å². The summed E-state index contributed by atoms with van der Waals surface area (Å²) in [5.74, 6) is -0.715. The van der Waals surface area contributed by atoms with E-state index in [9.17, 15) is 13.2 Å². The number of hydrogen-bond donors (Lipinski definition) is 0. The molecule has 6 heteroatoms. The fourth-order valence-corrected chi connectivity index (χ4v) is 3.90. The summed E-state index contributed by atoms with van der Waals surface area (Å²) in [7, 11) is -4.04. The second-order valence-corrected chi connectivity index (χ2v) is 6.88. The van der Waals surface area contributed by atoms with Gasteiger partial charge in [0, 0.05) is 11.6 Å². The standard InChI is InChI=1S/C17H12N2O3S/c1-12-6-8-13(9-7-12)23(21,22)19-16-5-3-2-4-14(16)15(10-11-18)17(19)20/h2-10H,1H3/b15-10-. The summed E-state index contributed by atoms with van der Waals surface area (Å²) < 4.78 is 26.5. The SMILES string of the molecule is Cc1ccc(S(=O)(=O)N2C(=O)/C(=C\C#N)c3ccccc32)cc1. The van der Waals surface area contributed by atoms with Crippen LogP contribution in [0.4, 0.5) is 5.69 Å². The number of nitriles is 1. The Morgan fingerprint density at radius 3 is 2.39 bits per heavy atom. The number of aryl methyl sites for hydroxylation is 1. The van der Waals surface area contributed by atoms with Crippen LogP contribution in [0, 0.1) is 18.3 Å². The number of benzene rings is 2. The maximum absolute atomic E-state index is 12.9. The monoisotopic (exact) mass is 324 g/mol. The van der Waals surface area contributed by atoms with Crippen LogP contribution in [0.15, 0.2) is 59.5 Å². The van der Waals surface area contributed by atoms with Crippen molar-refractivity contribution >= 4 is 27.2 Å². The van der Waals surface area contributed by atoms with E-state index >= 15 is 0 Å². The molecule has 0 saturated carbocycles. The van der Waals surface area contributed by atoms with E-state index in [2.05, 4.69) is 0 Å². The van der Waals surface area contributed by atoms with Crippen LogP contribution < -0.4 is 4.31 Å². The number of para-hydroxylation sites is 1. The Balaban J connectivity index is 2.21. The van der Waals surface area contributed by atoms with Crippen LogP contribution in [0.3, 0.4) is 0 Å². The van der Waals surface area contributed by atoms with Crippen molar-refractivity contribution < 1.29 is 13.2 Å². The lowest BCUT2D eigenvalue weighted by atomic mass is 10.1. The summed E-state index contributed by atoms with van der Waals surface area (Å²) in [6.45, 7) is 1.85. The zero-order valence-electron chi connectivity index (χ0n) is 12.2. The maximum Gasteiger partial charge on any atom is 0.273 e. The number of allylic oxidation sites excluding steroid dienone is 1. The molecule has 0 aliphatic carbocycles. The molecular formula is C17H12N2O3S. The van der Waals surface area contributed by atoms with Crippen LogP contribution in [0.5, 0.6) is 0 Å². The fourth-order valence-electron chi connectivity index (χ4n) is 2.47. The predicted octanol–water partition coefficient (Wildman–Crippen LogP) is 2.64. The maximum atomic E-state index is 12.9. The Bertz CT molecular complexity index is 968. The molecule has 0 radical (unpaired) electrons. The predicted molar refractivity (Wildman–Crippen MR) is 85.9 cm³/mol. The third-order valence-corrected chi connectivity index (χ3v) is 5.31. The highest BCUT2D eigenvalue weighted by atomic mass is 32.2. The van der Waals surface area contributed by atoms with E-state index < -0.39 is 15.9 Å². The Morgan fingerprint density at radius 2 is 1.74 bits per heavy atom.